The summed E-state index contributed by atoms with van der Waals surface area (Å²) in [7, 11) is 0. The normalized spacial score (nSPS) is 12.0. The number of nitrogen functional groups attached to an aromatic ring is 1. The van der Waals surface area contributed by atoms with Gasteiger partial charge in [0, 0.05) is 11.8 Å². The molecular weight excluding hydrogens is 297 g/mol. The van der Waals surface area contributed by atoms with Crippen LogP contribution in [-0.2, 0) is 0 Å². The molecule has 0 aliphatic carbocycles. The molecule has 0 fully saturated rings. The molecule has 2 rings (SSSR count). The molecule has 0 amide bonds. The van der Waals surface area contributed by atoms with E-state index in [1.165, 1.54) is 12.1 Å². The van der Waals surface area contributed by atoms with Gasteiger partial charge in [-0.05, 0) is 24.3 Å². The number of benzene rings is 2. The number of ether oxygens (including phenoxy) is 2. The van der Waals surface area contributed by atoms with Crippen molar-refractivity contribution in [3.63, 3.8) is 0 Å². The van der Waals surface area contributed by atoms with Crippen molar-refractivity contribution in [1.29, 1.82) is 0 Å². The van der Waals surface area contributed by atoms with Crippen LogP contribution < -0.4 is 15.2 Å². The average molecular weight is 312 g/mol. The Bertz CT molecular complexity index is 609. The van der Waals surface area contributed by atoms with Crippen molar-refractivity contribution in [3.8, 4) is 11.5 Å². The Labute approximate surface area is 126 Å². The highest BCUT2D eigenvalue weighted by Crippen LogP contribution is 2.24. The molecule has 0 aliphatic heterocycles. The van der Waals surface area contributed by atoms with Gasteiger partial charge in [0.15, 0.2) is 11.6 Å². The number of aliphatic hydroxyl groups is 1. The van der Waals surface area contributed by atoms with Gasteiger partial charge in [-0.2, -0.15) is 0 Å². The molecule has 1 unspecified atom stereocenters. The topological polar surface area (TPSA) is 64.7 Å². The molecule has 2 aromatic rings. The molecule has 0 saturated carbocycles. The number of halogens is 2. The van der Waals surface area contributed by atoms with Crippen molar-refractivity contribution in [2.75, 3.05) is 18.9 Å². The van der Waals surface area contributed by atoms with E-state index in [1.807, 2.05) is 0 Å². The Kier molecular flexibility index (Phi) is 5.25. The van der Waals surface area contributed by atoms with Gasteiger partial charge in [-0.1, -0.05) is 23.7 Å². The van der Waals surface area contributed by atoms with Crippen LogP contribution in [0.5, 0.6) is 11.5 Å². The van der Waals surface area contributed by atoms with Gasteiger partial charge in [-0.25, -0.2) is 4.39 Å². The molecule has 0 aromatic heterocycles. The number of anilines is 1. The van der Waals surface area contributed by atoms with Gasteiger partial charge in [0.05, 0.1) is 5.02 Å². The Hall–Kier alpha value is -1.98. The van der Waals surface area contributed by atoms with Crippen LogP contribution in [-0.4, -0.2) is 24.4 Å². The van der Waals surface area contributed by atoms with E-state index in [1.54, 1.807) is 30.3 Å². The molecule has 0 saturated heterocycles. The Morgan fingerprint density at radius 1 is 1.14 bits per heavy atom. The Morgan fingerprint density at radius 3 is 2.62 bits per heavy atom. The van der Waals surface area contributed by atoms with E-state index >= 15 is 0 Å². The van der Waals surface area contributed by atoms with Crippen LogP contribution in [0.15, 0.2) is 42.5 Å². The fourth-order valence-electron chi connectivity index (χ4n) is 1.63. The van der Waals surface area contributed by atoms with Crippen LogP contribution in [0.1, 0.15) is 0 Å². The van der Waals surface area contributed by atoms with E-state index in [4.69, 9.17) is 26.8 Å². The van der Waals surface area contributed by atoms with Crippen molar-refractivity contribution in [3.05, 3.63) is 53.3 Å². The molecule has 6 heteroatoms. The maximum absolute atomic E-state index is 13.6. The SMILES string of the molecule is Nc1cccc(OCC(O)COc2cccc(Cl)c2F)c1. The van der Waals surface area contributed by atoms with Crippen LogP contribution in [0.2, 0.25) is 5.02 Å². The van der Waals surface area contributed by atoms with Gasteiger partial charge in [-0.3, -0.25) is 0 Å². The summed E-state index contributed by atoms with van der Waals surface area (Å²) in [4.78, 5) is 0. The maximum atomic E-state index is 13.6. The second kappa shape index (κ2) is 7.15. The van der Waals surface area contributed by atoms with Crippen molar-refractivity contribution in [2.24, 2.45) is 0 Å². The molecular formula is C15H15ClFNO3. The third-order valence-electron chi connectivity index (χ3n) is 2.65. The number of hydrogen-bond acceptors (Lipinski definition) is 4. The van der Waals surface area contributed by atoms with E-state index in [2.05, 4.69) is 0 Å². The molecule has 1 atom stereocenters. The van der Waals surface area contributed by atoms with Crippen LogP contribution in [0.3, 0.4) is 0 Å². The first kappa shape index (κ1) is 15.4. The smallest absolute Gasteiger partial charge is 0.183 e. The monoisotopic (exact) mass is 311 g/mol. The molecule has 0 bridgehead atoms. The Morgan fingerprint density at radius 2 is 1.86 bits per heavy atom. The van der Waals surface area contributed by atoms with Crippen molar-refractivity contribution in [2.45, 2.75) is 6.10 Å². The molecule has 0 spiro atoms. The molecule has 0 radical (unpaired) electrons. The Balaban J connectivity index is 1.82. The summed E-state index contributed by atoms with van der Waals surface area (Å²) in [6.45, 7) is -0.106. The van der Waals surface area contributed by atoms with Crippen LogP contribution >= 0.6 is 11.6 Å². The first-order valence-electron chi connectivity index (χ1n) is 6.29. The summed E-state index contributed by atoms with van der Waals surface area (Å²) in [6, 6.07) is 11.3. The first-order valence-corrected chi connectivity index (χ1v) is 6.67. The lowest BCUT2D eigenvalue weighted by molar-refractivity contribution is 0.0613. The summed E-state index contributed by atoms with van der Waals surface area (Å²) in [5.41, 5.74) is 6.18. The molecule has 3 N–H and O–H groups in total. The van der Waals surface area contributed by atoms with Gasteiger partial charge < -0.3 is 20.3 Å². The molecule has 4 nitrogen and oxygen atoms in total. The third-order valence-corrected chi connectivity index (χ3v) is 2.94. The lowest BCUT2D eigenvalue weighted by Gasteiger charge is -2.14. The highest BCUT2D eigenvalue weighted by Gasteiger charge is 2.11. The van der Waals surface area contributed by atoms with E-state index in [-0.39, 0.29) is 24.0 Å². The summed E-state index contributed by atoms with van der Waals surface area (Å²) < 4.78 is 24.1. The lowest BCUT2D eigenvalue weighted by atomic mass is 10.3. The number of aliphatic hydroxyl groups excluding tert-OH is 1. The summed E-state index contributed by atoms with van der Waals surface area (Å²) in [5, 5.41) is 9.73. The molecule has 112 valence electrons. The van der Waals surface area contributed by atoms with Crippen LogP contribution in [0.25, 0.3) is 0 Å². The lowest BCUT2D eigenvalue weighted by Crippen LogP contribution is -2.25. The first-order chi connectivity index (χ1) is 10.1. The summed E-state index contributed by atoms with van der Waals surface area (Å²) in [5.74, 6) is -0.114. The molecule has 2 aromatic carbocycles. The molecule has 0 heterocycles. The van der Waals surface area contributed by atoms with Gasteiger partial charge in [0.2, 0.25) is 0 Å². The highest BCUT2D eigenvalue weighted by molar-refractivity contribution is 6.30. The quantitative estimate of drug-likeness (QED) is 0.805. The largest absolute Gasteiger partial charge is 0.491 e. The predicted octanol–water partition coefficient (Wildman–Crippen LogP) is 2.88. The summed E-state index contributed by atoms with van der Waals surface area (Å²) in [6.07, 6.45) is -0.912. The zero-order valence-electron chi connectivity index (χ0n) is 11.1. The molecule has 21 heavy (non-hydrogen) atoms. The summed E-state index contributed by atoms with van der Waals surface area (Å²) >= 11 is 5.63. The number of rotatable bonds is 6. The van der Waals surface area contributed by atoms with Crippen LogP contribution in [0, 0.1) is 5.82 Å². The van der Waals surface area contributed by atoms with Gasteiger partial charge in [-0.15, -0.1) is 0 Å². The number of hydrogen-bond donors (Lipinski definition) is 2. The number of nitrogens with two attached hydrogens (primary N) is 1. The maximum Gasteiger partial charge on any atom is 0.183 e. The van der Waals surface area contributed by atoms with E-state index in [9.17, 15) is 9.50 Å². The minimum Gasteiger partial charge on any atom is -0.491 e. The minimum absolute atomic E-state index is 0.00559. The second-order valence-corrected chi connectivity index (χ2v) is 4.81. The zero-order chi connectivity index (χ0) is 15.2. The average Bonchev–Trinajstić information content (AvgIpc) is 2.47. The van der Waals surface area contributed by atoms with Crippen molar-refractivity contribution in [1.82, 2.24) is 0 Å². The fourth-order valence-corrected chi connectivity index (χ4v) is 1.79. The van der Waals surface area contributed by atoms with Gasteiger partial charge in [0.25, 0.3) is 0 Å². The standard InChI is InChI=1S/C15H15ClFNO3/c16-13-5-2-6-14(15(13)17)21-9-11(19)8-20-12-4-1-3-10(18)7-12/h1-7,11,19H,8-9,18H2. The highest BCUT2D eigenvalue weighted by atomic mass is 35.5. The van der Waals surface area contributed by atoms with Crippen LogP contribution in [0.4, 0.5) is 10.1 Å². The predicted molar refractivity (Wildman–Crippen MR) is 79.3 cm³/mol. The minimum atomic E-state index is -0.912. The van der Waals surface area contributed by atoms with Gasteiger partial charge >= 0.3 is 0 Å². The fraction of sp³-hybridized carbons (Fsp3) is 0.200. The third kappa shape index (κ3) is 4.51. The second-order valence-electron chi connectivity index (χ2n) is 4.40. The zero-order valence-corrected chi connectivity index (χ0v) is 11.9. The van der Waals surface area contributed by atoms with E-state index in [0.717, 1.165) is 0 Å². The van der Waals surface area contributed by atoms with Crippen molar-refractivity contribution < 1.29 is 19.0 Å². The van der Waals surface area contributed by atoms with Crippen molar-refractivity contribution >= 4 is 17.3 Å². The van der Waals surface area contributed by atoms with Gasteiger partial charge in [0.1, 0.15) is 25.1 Å². The molecule has 0 aliphatic rings. The van der Waals surface area contributed by atoms with E-state index in [0.29, 0.717) is 11.4 Å². The van der Waals surface area contributed by atoms with E-state index < -0.39 is 11.9 Å².